The fraction of sp³-hybridized carbons (Fsp3) is 0.524. The average Bonchev–Trinajstić information content (AvgIpc) is 2.55. The lowest BCUT2D eigenvalue weighted by Crippen LogP contribution is -2.68. The van der Waals surface area contributed by atoms with E-state index < -0.39 is 43.9 Å². The van der Waals surface area contributed by atoms with Gasteiger partial charge in [-0.05, 0) is 59.9 Å². The smallest absolute Gasteiger partial charge is 0.309 e. The molecular weight excluding hydrogens is 409 g/mol. The lowest BCUT2D eigenvalue weighted by atomic mass is 9.34. The first-order valence-electron chi connectivity index (χ1n) is 9.74. The van der Waals surface area contributed by atoms with Gasteiger partial charge in [0.2, 0.25) is 0 Å². The van der Waals surface area contributed by atoms with Crippen LogP contribution in [0.3, 0.4) is 0 Å². The summed E-state index contributed by atoms with van der Waals surface area (Å²) in [6.45, 7) is 8.62. The van der Waals surface area contributed by atoms with Gasteiger partial charge in [0.15, 0.2) is 0 Å². The normalized spacial score (nSPS) is 26.8. The van der Waals surface area contributed by atoms with Gasteiger partial charge in [-0.3, -0.25) is 14.0 Å². The van der Waals surface area contributed by atoms with Gasteiger partial charge >= 0.3 is 5.97 Å². The van der Waals surface area contributed by atoms with Crippen LogP contribution in [0.5, 0.6) is 0 Å². The molecule has 0 aromatic carbocycles. The number of fused-ring (bicyclic) bond motifs is 1. The summed E-state index contributed by atoms with van der Waals surface area (Å²) in [5, 5.41) is 9.41. The zero-order valence-corrected chi connectivity index (χ0v) is 18.4. The number of carboxylic acids is 1. The van der Waals surface area contributed by atoms with Crippen LogP contribution in [-0.4, -0.2) is 35.1 Å². The van der Waals surface area contributed by atoms with Gasteiger partial charge in [-0.25, -0.2) is 13.6 Å². The van der Waals surface area contributed by atoms with E-state index in [-0.39, 0.29) is 5.65 Å². The van der Waals surface area contributed by atoms with Gasteiger partial charge < -0.3 is 5.11 Å². The first kappa shape index (κ1) is 20.8. The fourth-order valence-corrected chi connectivity index (χ4v) is 5.27. The van der Waals surface area contributed by atoms with Crippen LogP contribution in [0.4, 0.5) is 4.39 Å². The zero-order valence-electron chi connectivity index (χ0n) is 17.6. The minimum atomic E-state index is -1.56. The maximum atomic E-state index is 14.3. The van der Waals surface area contributed by atoms with E-state index in [1.807, 2.05) is 0 Å². The molecule has 30 heavy (non-hydrogen) atoms. The highest BCUT2D eigenvalue weighted by atomic mass is 32.2. The second-order valence-electron chi connectivity index (χ2n) is 9.59. The Morgan fingerprint density at radius 3 is 2.47 bits per heavy atom. The van der Waals surface area contributed by atoms with Crippen LogP contribution in [0, 0.1) is 18.2 Å². The minimum absolute atomic E-state index is 0.239. The van der Waals surface area contributed by atoms with Crippen molar-refractivity contribution in [1.29, 1.82) is 0 Å². The number of rotatable bonds is 4. The summed E-state index contributed by atoms with van der Waals surface area (Å²) in [6, 6.07) is 1.24. The summed E-state index contributed by atoms with van der Waals surface area (Å²) >= 11 is 0. The maximum absolute atomic E-state index is 14.3. The number of halogens is 1. The molecule has 0 spiro atoms. The number of carbonyl (C=O) groups is 1. The standard InChI is InChI=1S/C21H24FN3O4S/c1-11-15(20-8-21(9-20,10-20)18(27)28)23-16-14(6-13(22)7-25(16)17(11)26)12(2)24-30(29)19(3,4)5/h6-7H,8-10H2,1-5H3,(H,27,28)/b24-12-/t20?,21?,30-/m1/s1. The Kier molecular flexibility index (Phi) is 4.37. The van der Waals surface area contributed by atoms with Crippen molar-refractivity contribution in [2.45, 2.75) is 64.0 Å². The predicted molar refractivity (Wildman–Crippen MR) is 112 cm³/mol. The Morgan fingerprint density at radius 2 is 1.93 bits per heavy atom. The van der Waals surface area contributed by atoms with E-state index in [4.69, 9.17) is 4.98 Å². The molecule has 0 amide bonds. The monoisotopic (exact) mass is 433 g/mol. The lowest BCUT2D eigenvalue weighted by molar-refractivity contribution is -0.195. The van der Waals surface area contributed by atoms with Gasteiger partial charge in [-0.1, -0.05) is 0 Å². The van der Waals surface area contributed by atoms with Gasteiger partial charge in [0.05, 0.1) is 21.6 Å². The highest BCUT2D eigenvalue weighted by molar-refractivity contribution is 7.85. The van der Waals surface area contributed by atoms with Crippen LogP contribution in [0.1, 0.15) is 63.8 Å². The van der Waals surface area contributed by atoms with Crippen molar-refractivity contribution in [2.24, 2.45) is 9.81 Å². The maximum Gasteiger partial charge on any atom is 0.309 e. The molecular formula is C21H24FN3O4S. The van der Waals surface area contributed by atoms with E-state index >= 15 is 0 Å². The highest BCUT2D eigenvalue weighted by Crippen LogP contribution is 2.73. The molecule has 1 N–H and O–H groups in total. The Morgan fingerprint density at radius 1 is 1.33 bits per heavy atom. The largest absolute Gasteiger partial charge is 0.481 e. The third kappa shape index (κ3) is 2.85. The summed E-state index contributed by atoms with van der Waals surface area (Å²) in [5.74, 6) is -1.44. The second kappa shape index (κ2) is 6.29. The van der Waals surface area contributed by atoms with E-state index in [1.165, 1.54) is 6.07 Å². The lowest BCUT2D eigenvalue weighted by Gasteiger charge is -2.67. The van der Waals surface area contributed by atoms with E-state index in [9.17, 15) is 23.3 Å². The van der Waals surface area contributed by atoms with Crippen LogP contribution in [0.25, 0.3) is 5.65 Å². The Bertz CT molecular complexity index is 1210. The number of aliphatic carboxylic acids is 1. The Labute approximate surface area is 175 Å². The van der Waals surface area contributed by atoms with Gasteiger partial charge in [0.1, 0.15) is 22.5 Å². The third-order valence-corrected chi connectivity index (χ3v) is 7.72. The third-order valence-electron chi connectivity index (χ3n) is 6.24. The molecule has 160 valence electrons. The number of carboxylic acid groups (broad SMARTS) is 1. The molecule has 5 rings (SSSR count). The molecule has 3 fully saturated rings. The second-order valence-corrected chi connectivity index (χ2v) is 11.5. The molecule has 0 unspecified atom stereocenters. The van der Waals surface area contributed by atoms with Crippen LogP contribution in [0.15, 0.2) is 21.5 Å². The fourth-order valence-electron chi connectivity index (χ4n) is 4.65. The Balaban J connectivity index is 1.88. The quantitative estimate of drug-likeness (QED) is 0.747. The van der Waals surface area contributed by atoms with E-state index in [1.54, 1.807) is 34.6 Å². The number of hydrogen-bond donors (Lipinski definition) is 1. The number of aromatic nitrogens is 2. The molecule has 1 atom stereocenters. The molecule has 0 saturated heterocycles. The van der Waals surface area contributed by atoms with E-state index in [2.05, 4.69) is 4.40 Å². The molecule has 2 bridgehead atoms. The van der Waals surface area contributed by atoms with Crippen molar-refractivity contribution in [2.75, 3.05) is 0 Å². The summed E-state index contributed by atoms with van der Waals surface area (Å²) in [6.07, 6.45) is 2.45. The topological polar surface area (TPSA) is 101 Å². The van der Waals surface area contributed by atoms with Crippen molar-refractivity contribution in [3.8, 4) is 0 Å². The molecule has 2 heterocycles. The average molecular weight is 434 g/mol. The molecule has 2 aromatic heterocycles. The van der Waals surface area contributed by atoms with Gasteiger partial charge in [-0.15, -0.1) is 0 Å². The summed E-state index contributed by atoms with van der Waals surface area (Å²) in [4.78, 5) is 29.2. The van der Waals surface area contributed by atoms with Crippen molar-refractivity contribution >= 4 is 28.3 Å². The zero-order chi connectivity index (χ0) is 22.2. The molecule has 7 nitrogen and oxygen atoms in total. The van der Waals surface area contributed by atoms with Crippen molar-refractivity contribution in [3.05, 3.63) is 45.3 Å². The molecule has 3 saturated carbocycles. The van der Waals surface area contributed by atoms with Crippen LogP contribution in [0.2, 0.25) is 0 Å². The molecule has 3 aliphatic rings. The first-order valence-corrected chi connectivity index (χ1v) is 10.8. The van der Waals surface area contributed by atoms with Crippen molar-refractivity contribution in [1.82, 2.24) is 9.38 Å². The summed E-state index contributed by atoms with van der Waals surface area (Å²) in [5.41, 5.74) is 0.321. The van der Waals surface area contributed by atoms with Crippen LogP contribution >= 0.6 is 0 Å². The highest BCUT2D eigenvalue weighted by Gasteiger charge is 2.73. The van der Waals surface area contributed by atoms with Crippen LogP contribution < -0.4 is 5.56 Å². The summed E-state index contributed by atoms with van der Waals surface area (Å²) < 4.78 is 31.6. The van der Waals surface area contributed by atoms with Crippen molar-refractivity contribution < 1.29 is 18.5 Å². The molecule has 0 aliphatic heterocycles. The minimum Gasteiger partial charge on any atom is -0.481 e. The Hall–Kier alpha value is -2.42. The molecule has 3 aliphatic carbocycles. The van der Waals surface area contributed by atoms with E-state index in [0.29, 0.717) is 41.8 Å². The first-order chi connectivity index (χ1) is 13.8. The number of nitrogens with zero attached hydrogens (tertiary/aromatic N) is 3. The number of hydrogen-bond acceptors (Lipinski definition) is 4. The molecule has 2 aromatic rings. The van der Waals surface area contributed by atoms with Gasteiger partial charge in [0, 0.05) is 22.7 Å². The van der Waals surface area contributed by atoms with Crippen LogP contribution in [-0.2, 0) is 21.2 Å². The van der Waals surface area contributed by atoms with E-state index in [0.717, 1.165) is 10.6 Å². The molecule has 0 radical (unpaired) electrons. The molecule has 9 heteroatoms. The SMILES string of the molecule is C/C(=N/[S@](=O)C(C)(C)C)c1cc(F)cn2c(=O)c(C)c(C34CC(C(=O)O)(C3)C4)nc12. The number of pyridine rings is 1. The summed E-state index contributed by atoms with van der Waals surface area (Å²) in [7, 11) is -1.56. The van der Waals surface area contributed by atoms with Crippen molar-refractivity contribution in [3.63, 3.8) is 0 Å². The predicted octanol–water partition coefficient (Wildman–Crippen LogP) is 2.92. The van der Waals surface area contributed by atoms with Gasteiger partial charge in [0.25, 0.3) is 5.56 Å². The van der Waals surface area contributed by atoms with Gasteiger partial charge in [-0.2, -0.15) is 4.40 Å².